The van der Waals surface area contributed by atoms with E-state index in [1.54, 1.807) is 12.1 Å². The molecule has 0 amide bonds. The first-order valence-corrected chi connectivity index (χ1v) is 6.70. The summed E-state index contributed by atoms with van der Waals surface area (Å²) in [5.74, 6) is 0. The average molecular weight is 274 g/mol. The summed E-state index contributed by atoms with van der Waals surface area (Å²) in [6.07, 6.45) is 4.01. The Morgan fingerprint density at radius 3 is 2.60 bits per heavy atom. The van der Waals surface area contributed by atoms with Gasteiger partial charge in [-0.2, -0.15) is 5.26 Å². The zero-order valence-electron chi connectivity index (χ0n) is 11.5. The Kier molecular flexibility index (Phi) is 4.20. The van der Waals surface area contributed by atoms with Crippen LogP contribution in [0, 0.1) is 21.4 Å². The molecular weight excluding hydrogens is 256 g/mol. The van der Waals surface area contributed by atoms with Crippen LogP contribution in [0.2, 0.25) is 0 Å². The van der Waals surface area contributed by atoms with Crippen LogP contribution in [0.5, 0.6) is 0 Å². The molecule has 6 nitrogen and oxygen atoms in total. The van der Waals surface area contributed by atoms with Crippen molar-refractivity contribution in [2.24, 2.45) is 5.73 Å². The van der Waals surface area contributed by atoms with Gasteiger partial charge in [-0.3, -0.25) is 10.1 Å². The summed E-state index contributed by atoms with van der Waals surface area (Å²) >= 11 is 0. The van der Waals surface area contributed by atoms with E-state index in [0.29, 0.717) is 6.04 Å². The van der Waals surface area contributed by atoms with Crippen molar-refractivity contribution < 1.29 is 4.92 Å². The van der Waals surface area contributed by atoms with E-state index in [4.69, 9.17) is 11.0 Å². The lowest BCUT2D eigenvalue weighted by Crippen LogP contribution is -2.38. The third kappa shape index (κ3) is 2.89. The normalized spacial score (nSPS) is 22.1. The molecular formula is C14H18N4O2. The summed E-state index contributed by atoms with van der Waals surface area (Å²) in [5, 5.41) is 19.9. The lowest BCUT2D eigenvalue weighted by Gasteiger charge is -2.35. The van der Waals surface area contributed by atoms with Gasteiger partial charge in [0.25, 0.3) is 5.69 Å². The van der Waals surface area contributed by atoms with Gasteiger partial charge in [0.2, 0.25) is 0 Å². The van der Waals surface area contributed by atoms with E-state index in [2.05, 4.69) is 4.90 Å². The largest absolute Gasteiger partial charge is 0.372 e. The van der Waals surface area contributed by atoms with Crippen LogP contribution in [0.15, 0.2) is 18.2 Å². The maximum Gasteiger partial charge on any atom is 0.287 e. The van der Waals surface area contributed by atoms with Gasteiger partial charge >= 0.3 is 0 Å². The fourth-order valence-corrected chi connectivity index (χ4v) is 2.69. The lowest BCUT2D eigenvalue weighted by atomic mass is 9.90. The molecule has 1 fully saturated rings. The molecule has 0 heterocycles. The van der Waals surface area contributed by atoms with Crippen LogP contribution in [0.25, 0.3) is 0 Å². The van der Waals surface area contributed by atoms with Crippen LogP contribution < -0.4 is 10.6 Å². The molecule has 2 rings (SSSR count). The summed E-state index contributed by atoms with van der Waals surface area (Å²) in [5.41, 5.74) is 6.70. The number of hydrogen-bond acceptors (Lipinski definition) is 5. The molecule has 1 aromatic rings. The molecule has 0 bridgehead atoms. The molecule has 0 aliphatic heterocycles. The molecule has 1 saturated carbocycles. The number of nitriles is 1. The minimum Gasteiger partial charge on any atom is -0.372 e. The van der Waals surface area contributed by atoms with E-state index in [1.165, 1.54) is 6.07 Å². The number of benzene rings is 1. The summed E-state index contributed by atoms with van der Waals surface area (Å²) in [6.45, 7) is 0. The van der Waals surface area contributed by atoms with Crippen molar-refractivity contribution >= 4 is 11.4 Å². The molecule has 106 valence electrons. The lowest BCUT2D eigenvalue weighted by molar-refractivity contribution is -0.385. The molecule has 0 atom stereocenters. The highest BCUT2D eigenvalue weighted by Crippen LogP contribution is 2.29. The summed E-state index contributed by atoms with van der Waals surface area (Å²) in [7, 11) is 1.96. The van der Waals surface area contributed by atoms with Crippen LogP contribution in [-0.4, -0.2) is 24.1 Å². The zero-order valence-corrected chi connectivity index (χ0v) is 11.5. The van der Waals surface area contributed by atoms with Gasteiger partial charge in [0.15, 0.2) is 0 Å². The predicted octanol–water partition coefficient (Wildman–Crippen LogP) is 2.17. The molecule has 0 spiro atoms. The molecule has 1 aliphatic rings. The molecule has 0 aromatic heterocycles. The van der Waals surface area contributed by atoms with Gasteiger partial charge in [0.1, 0.15) is 11.6 Å². The quantitative estimate of drug-likeness (QED) is 0.673. The van der Waals surface area contributed by atoms with Crippen molar-refractivity contribution in [1.82, 2.24) is 0 Å². The second-order valence-electron chi connectivity index (χ2n) is 5.25. The van der Waals surface area contributed by atoms with Crippen LogP contribution in [-0.2, 0) is 0 Å². The van der Waals surface area contributed by atoms with E-state index in [-0.39, 0.29) is 17.3 Å². The first-order valence-electron chi connectivity index (χ1n) is 6.70. The van der Waals surface area contributed by atoms with Crippen molar-refractivity contribution in [3.05, 3.63) is 33.9 Å². The van der Waals surface area contributed by atoms with Crippen molar-refractivity contribution in [3.8, 4) is 6.07 Å². The van der Waals surface area contributed by atoms with E-state index in [9.17, 15) is 10.1 Å². The third-order valence-corrected chi connectivity index (χ3v) is 3.99. The highest BCUT2D eigenvalue weighted by molar-refractivity contribution is 5.60. The topological polar surface area (TPSA) is 96.2 Å². The monoisotopic (exact) mass is 274 g/mol. The van der Waals surface area contributed by atoms with Gasteiger partial charge in [-0.05, 0) is 37.8 Å². The Balaban J connectivity index is 2.20. The first-order chi connectivity index (χ1) is 9.52. The Morgan fingerprint density at radius 1 is 1.40 bits per heavy atom. The molecule has 6 heteroatoms. The zero-order chi connectivity index (χ0) is 14.7. The predicted molar refractivity (Wildman–Crippen MR) is 76.4 cm³/mol. The minimum atomic E-state index is -0.526. The molecule has 0 radical (unpaired) electrons. The van der Waals surface area contributed by atoms with E-state index < -0.39 is 4.92 Å². The Labute approximate surface area is 117 Å². The number of nitrogens with zero attached hydrogens (tertiary/aromatic N) is 3. The maximum atomic E-state index is 10.8. The van der Waals surface area contributed by atoms with E-state index >= 15 is 0 Å². The van der Waals surface area contributed by atoms with Gasteiger partial charge in [-0.1, -0.05) is 0 Å². The number of anilines is 1. The molecule has 20 heavy (non-hydrogen) atoms. The Hall–Kier alpha value is -2.13. The SMILES string of the molecule is CN(c1ccc([N+](=O)[O-])c(C#N)c1)C1CCC(N)CC1. The number of rotatable bonds is 3. The highest BCUT2D eigenvalue weighted by atomic mass is 16.6. The number of hydrogen-bond donors (Lipinski definition) is 1. The van der Waals surface area contributed by atoms with Crippen LogP contribution in [0.4, 0.5) is 11.4 Å². The third-order valence-electron chi connectivity index (χ3n) is 3.99. The van der Waals surface area contributed by atoms with Gasteiger partial charge in [-0.15, -0.1) is 0 Å². The standard InChI is InChI=1S/C14H18N4O2/c1-17(12-4-2-11(16)3-5-12)13-6-7-14(18(19)20)10(8-13)9-15/h6-8,11-12H,2-5,16H2,1H3. The number of nitro groups is 1. The fraction of sp³-hybridized carbons (Fsp3) is 0.500. The number of nitrogens with two attached hydrogens (primary N) is 1. The smallest absolute Gasteiger partial charge is 0.287 e. The molecule has 0 unspecified atom stereocenters. The van der Waals surface area contributed by atoms with Crippen molar-refractivity contribution in [2.45, 2.75) is 37.8 Å². The van der Waals surface area contributed by atoms with Crippen LogP contribution >= 0.6 is 0 Å². The van der Waals surface area contributed by atoms with Crippen LogP contribution in [0.1, 0.15) is 31.2 Å². The van der Waals surface area contributed by atoms with Gasteiger partial charge in [0, 0.05) is 30.9 Å². The second-order valence-corrected chi connectivity index (χ2v) is 5.25. The fourth-order valence-electron chi connectivity index (χ4n) is 2.69. The second kappa shape index (κ2) is 5.88. The van der Waals surface area contributed by atoms with Crippen molar-refractivity contribution in [2.75, 3.05) is 11.9 Å². The summed E-state index contributed by atoms with van der Waals surface area (Å²) < 4.78 is 0. The van der Waals surface area contributed by atoms with Crippen LogP contribution in [0.3, 0.4) is 0 Å². The van der Waals surface area contributed by atoms with E-state index in [0.717, 1.165) is 31.4 Å². The highest BCUT2D eigenvalue weighted by Gasteiger charge is 2.23. The molecule has 0 saturated heterocycles. The Morgan fingerprint density at radius 2 is 2.05 bits per heavy atom. The summed E-state index contributed by atoms with van der Waals surface area (Å²) in [4.78, 5) is 12.4. The van der Waals surface area contributed by atoms with Crippen molar-refractivity contribution in [3.63, 3.8) is 0 Å². The molecule has 1 aliphatic carbocycles. The van der Waals surface area contributed by atoms with Gasteiger partial charge in [0.05, 0.1) is 4.92 Å². The first kappa shape index (κ1) is 14.3. The maximum absolute atomic E-state index is 10.8. The van der Waals surface area contributed by atoms with Gasteiger partial charge in [-0.25, -0.2) is 0 Å². The van der Waals surface area contributed by atoms with E-state index in [1.807, 2.05) is 13.1 Å². The average Bonchev–Trinajstić information content (AvgIpc) is 2.46. The van der Waals surface area contributed by atoms with Gasteiger partial charge < -0.3 is 10.6 Å². The molecule has 1 aromatic carbocycles. The minimum absolute atomic E-state index is 0.104. The Bertz CT molecular complexity index is 545. The number of nitro benzene ring substituents is 1. The van der Waals surface area contributed by atoms with Crippen molar-refractivity contribution in [1.29, 1.82) is 5.26 Å². The summed E-state index contributed by atoms with van der Waals surface area (Å²) in [6, 6.07) is 7.25. The molecule has 2 N–H and O–H groups in total.